The van der Waals surface area contributed by atoms with Gasteiger partial charge < -0.3 is 4.57 Å². The first-order valence-electron chi connectivity index (χ1n) is 17.1. The summed E-state index contributed by atoms with van der Waals surface area (Å²) in [6.07, 6.45) is 1.87. The molecule has 0 saturated carbocycles. The molecule has 0 N–H and O–H groups in total. The monoisotopic (exact) mass is 781 g/mol. The summed E-state index contributed by atoms with van der Waals surface area (Å²) in [5.41, 5.74) is 8.36. The molecule has 0 saturated heterocycles. The number of hydrogen-bond donors (Lipinski definition) is 0. The highest BCUT2D eigenvalue weighted by Gasteiger charge is 2.23. The van der Waals surface area contributed by atoms with Crippen LogP contribution in [-0.2, 0) is 0 Å². The first kappa shape index (κ1) is 29.3. The second-order valence-electron chi connectivity index (χ2n) is 13.0. The fraction of sp³-hybridized carbons (Fsp3) is 0.0217. The van der Waals surface area contributed by atoms with E-state index in [2.05, 4.69) is 156 Å². The molecule has 0 amide bonds. The maximum Gasteiger partial charge on any atom is 0.160 e. The fourth-order valence-corrected chi connectivity index (χ4v) is 12.4. The van der Waals surface area contributed by atoms with Crippen molar-refractivity contribution in [1.29, 1.82) is 0 Å². The molecule has 7 aromatic carbocycles. The van der Waals surface area contributed by atoms with E-state index in [4.69, 9.17) is 9.98 Å². The first-order valence-corrected chi connectivity index (χ1v) is 20.6. The van der Waals surface area contributed by atoms with Gasteiger partial charge in [0.25, 0.3) is 0 Å². The SMILES string of the molecule is c1cc(C2=Nc3ncccc3C(c3cccc4ccccc34)=IC2)cc(-n2c3ccccc3c3c4sc5ccccc5c4c4ccccc4c32)c1. The normalized spacial score (nSPS) is 13.4. The van der Waals surface area contributed by atoms with Crippen molar-refractivity contribution in [2.45, 2.75) is 0 Å². The van der Waals surface area contributed by atoms with Crippen molar-refractivity contribution in [3.63, 3.8) is 0 Å². The Labute approximate surface area is 307 Å². The molecule has 51 heavy (non-hydrogen) atoms. The van der Waals surface area contributed by atoms with E-state index < -0.39 is 20.7 Å². The number of pyridine rings is 1. The van der Waals surface area contributed by atoms with E-state index >= 15 is 0 Å². The molecule has 4 heterocycles. The van der Waals surface area contributed by atoms with Gasteiger partial charge in [-0.25, -0.2) is 9.98 Å². The third kappa shape index (κ3) is 4.44. The largest absolute Gasteiger partial charge is 0.309 e. The zero-order valence-electron chi connectivity index (χ0n) is 27.3. The Morgan fingerprint density at radius 1 is 0.588 bits per heavy atom. The lowest BCUT2D eigenvalue weighted by Gasteiger charge is -2.13. The number of fused-ring (bicyclic) bond motifs is 12. The third-order valence-corrected chi connectivity index (χ3v) is 14.4. The van der Waals surface area contributed by atoms with E-state index in [1.807, 2.05) is 17.5 Å². The van der Waals surface area contributed by atoms with E-state index in [0.29, 0.717) is 0 Å². The summed E-state index contributed by atoms with van der Waals surface area (Å²) in [6, 6.07) is 55.4. The molecule has 3 nitrogen and oxygen atoms in total. The number of hydrogen-bond acceptors (Lipinski definition) is 3. The van der Waals surface area contributed by atoms with Crippen LogP contribution in [0.2, 0.25) is 0 Å². The second-order valence-corrected chi connectivity index (χ2v) is 16.7. The van der Waals surface area contributed by atoms with Crippen LogP contribution >= 0.6 is 32.1 Å². The highest BCUT2D eigenvalue weighted by molar-refractivity contribution is 14.2. The molecule has 0 spiro atoms. The van der Waals surface area contributed by atoms with Gasteiger partial charge in [0.15, 0.2) is 5.82 Å². The van der Waals surface area contributed by atoms with Crippen LogP contribution in [0, 0.1) is 0 Å². The van der Waals surface area contributed by atoms with E-state index in [0.717, 1.165) is 32.8 Å². The summed E-state index contributed by atoms with van der Waals surface area (Å²) >= 11 is 1.50. The number of benzene rings is 7. The van der Waals surface area contributed by atoms with Gasteiger partial charge in [0.05, 0.1) is 16.7 Å². The fourth-order valence-electron chi connectivity index (χ4n) is 8.01. The predicted octanol–water partition coefficient (Wildman–Crippen LogP) is 12.5. The minimum absolute atomic E-state index is 0.415. The molecule has 3 aromatic heterocycles. The Morgan fingerprint density at radius 2 is 1.31 bits per heavy atom. The van der Waals surface area contributed by atoms with Crippen molar-refractivity contribution >= 4 is 111 Å². The lowest BCUT2D eigenvalue weighted by atomic mass is 9.99. The number of aliphatic imine (C=N–C) groups is 1. The van der Waals surface area contributed by atoms with Crippen LogP contribution in [0.4, 0.5) is 5.82 Å². The standard InChI is InChI=1S/C46H28IN3S/c1-2-16-31-28(12-1)13-10-21-33(31)43-37-22-11-25-48-46(37)49-38(27-47-43)29-14-9-15-30(26-29)50-39-23-7-5-19-35(39)42-44(50)34-18-4-3-17-32(34)41-36-20-6-8-24-40(36)51-45(41)42/h1-26H,27H2. The molecule has 1 aliphatic rings. The summed E-state index contributed by atoms with van der Waals surface area (Å²) in [4.78, 5) is 10.2. The van der Waals surface area contributed by atoms with Gasteiger partial charge in [0.2, 0.25) is 0 Å². The van der Waals surface area contributed by atoms with E-state index in [1.54, 1.807) is 0 Å². The number of para-hydroxylation sites is 1. The number of alkyl halides is 1. The van der Waals surface area contributed by atoms with Crippen molar-refractivity contribution in [2.75, 3.05) is 4.43 Å². The van der Waals surface area contributed by atoms with Gasteiger partial charge in [-0.15, -0.1) is 32.1 Å². The van der Waals surface area contributed by atoms with Gasteiger partial charge in [-0.1, -0.05) is 115 Å². The molecule has 1 aliphatic heterocycles. The number of thiophene rings is 1. The Balaban J connectivity index is 1.14. The molecule has 0 atom stereocenters. The van der Waals surface area contributed by atoms with Gasteiger partial charge in [-0.3, -0.25) is 0 Å². The molecule has 0 bridgehead atoms. The number of nitrogens with zero attached hydrogens (tertiary/aromatic N) is 3. The van der Waals surface area contributed by atoms with Crippen LogP contribution in [-0.4, -0.2) is 23.2 Å². The maximum atomic E-state index is 5.33. The molecule has 0 fully saturated rings. The van der Waals surface area contributed by atoms with Crippen LogP contribution in [0.5, 0.6) is 0 Å². The Hall–Kier alpha value is -5.50. The van der Waals surface area contributed by atoms with Crippen molar-refractivity contribution in [3.05, 3.63) is 175 Å². The van der Waals surface area contributed by atoms with Crippen LogP contribution in [0.3, 0.4) is 0 Å². The average Bonchev–Trinajstić information content (AvgIpc) is 3.68. The summed E-state index contributed by atoms with van der Waals surface area (Å²) in [7, 11) is 0. The molecule has 0 unspecified atom stereocenters. The van der Waals surface area contributed by atoms with Gasteiger partial charge in [-0.05, 0) is 63.7 Å². The van der Waals surface area contributed by atoms with Gasteiger partial charge in [-0.2, -0.15) is 0 Å². The molecule has 11 rings (SSSR count). The van der Waals surface area contributed by atoms with E-state index in [9.17, 15) is 0 Å². The topological polar surface area (TPSA) is 30.2 Å². The van der Waals surface area contributed by atoms with Crippen molar-refractivity contribution < 1.29 is 0 Å². The number of aromatic nitrogens is 2. The van der Waals surface area contributed by atoms with Crippen molar-refractivity contribution in [2.24, 2.45) is 4.99 Å². The van der Waals surface area contributed by atoms with Crippen LogP contribution in [0.15, 0.2) is 163 Å². The lowest BCUT2D eigenvalue weighted by Crippen LogP contribution is -2.04. The third-order valence-electron chi connectivity index (χ3n) is 10.2. The first-order chi connectivity index (χ1) is 25.3. The molecular weight excluding hydrogens is 753 g/mol. The number of halogens is 1. The zero-order valence-corrected chi connectivity index (χ0v) is 30.3. The van der Waals surface area contributed by atoms with Crippen LogP contribution in [0.1, 0.15) is 16.7 Å². The predicted molar refractivity (Wildman–Crippen MR) is 228 cm³/mol. The van der Waals surface area contributed by atoms with Crippen molar-refractivity contribution in [1.82, 2.24) is 9.55 Å². The maximum absolute atomic E-state index is 5.33. The summed E-state index contributed by atoms with van der Waals surface area (Å²) in [6.45, 7) is 0. The van der Waals surface area contributed by atoms with Gasteiger partial charge in [0.1, 0.15) is 0 Å². The Bertz CT molecular complexity index is 3120. The van der Waals surface area contributed by atoms with E-state index in [-0.39, 0.29) is 0 Å². The summed E-state index contributed by atoms with van der Waals surface area (Å²) in [5, 5.41) is 10.4. The van der Waals surface area contributed by atoms with Crippen LogP contribution in [0.25, 0.3) is 69.2 Å². The summed E-state index contributed by atoms with van der Waals surface area (Å²) < 4.78 is 7.51. The smallest absolute Gasteiger partial charge is 0.160 e. The van der Waals surface area contributed by atoms with Crippen molar-refractivity contribution in [3.8, 4) is 5.69 Å². The number of rotatable bonds is 3. The molecule has 240 valence electrons. The van der Waals surface area contributed by atoms with Crippen LogP contribution < -0.4 is 0 Å². The molecule has 0 aliphatic carbocycles. The van der Waals surface area contributed by atoms with Gasteiger partial charge in [0, 0.05) is 61.7 Å². The molecule has 10 aromatic rings. The Morgan fingerprint density at radius 3 is 2.24 bits per heavy atom. The lowest BCUT2D eigenvalue weighted by molar-refractivity contribution is 1.18. The summed E-state index contributed by atoms with van der Waals surface area (Å²) in [5.74, 6) is 0.813. The second kappa shape index (κ2) is 11.5. The van der Waals surface area contributed by atoms with Gasteiger partial charge >= 0.3 is 0 Å². The highest BCUT2D eigenvalue weighted by Crippen LogP contribution is 2.48. The molecule has 5 heteroatoms. The Kier molecular flexibility index (Phi) is 6.61. The van der Waals surface area contributed by atoms with E-state index in [1.165, 1.54) is 72.6 Å². The minimum atomic E-state index is -0.415. The minimum Gasteiger partial charge on any atom is -0.309 e. The highest BCUT2D eigenvalue weighted by atomic mass is 127. The quantitative estimate of drug-likeness (QED) is 0.130. The molecular formula is C46H28IN3S. The average molecular weight is 782 g/mol. The molecule has 0 radical (unpaired) electrons. The zero-order chi connectivity index (χ0) is 33.5.